The summed E-state index contributed by atoms with van der Waals surface area (Å²) in [6.45, 7) is 9.86. The molecule has 0 amide bonds. The van der Waals surface area contributed by atoms with Crippen molar-refractivity contribution in [3.8, 4) is 5.75 Å². The lowest BCUT2D eigenvalue weighted by Gasteiger charge is -2.39. The molecule has 4 heteroatoms. The predicted octanol–water partition coefficient (Wildman–Crippen LogP) is 2.68. The van der Waals surface area contributed by atoms with Crippen LogP contribution in [0, 0.1) is 0 Å². The van der Waals surface area contributed by atoms with Crippen molar-refractivity contribution >= 4 is 15.9 Å². The fourth-order valence-corrected chi connectivity index (χ4v) is 2.98. The minimum Gasteiger partial charge on any atom is -0.508 e. The quantitative estimate of drug-likeness (QED) is 0.929. The Labute approximate surface area is 118 Å². The minimum atomic E-state index is 0.341. The molecule has 3 nitrogen and oxygen atoms in total. The van der Waals surface area contributed by atoms with Crippen LogP contribution in [-0.4, -0.2) is 47.1 Å². The molecule has 0 saturated carbocycles. The van der Waals surface area contributed by atoms with E-state index in [1.165, 1.54) is 0 Å². The third-order valence-electron chi connectivity index (χ3n) is 3.68. The Morgan fingerprint density at radius 2 is 2.17 bits per heavy atom. The molecule has 100 valence electrons. The van der Waals surface area contributed by atoms with Crippen LogP contribution in [0.25, 0.3) is 0 Å². The first-order valence-electron chi connectivity index (χ1n) is 6.54. The number of nitrogens with zero attached hydrogens (tertiary/aromatic N) is 2. The fourth-order valence-electron chi connectivity index (χ4n) is 2.61. The van der Waals surface area contributed by atoms with E-state index in [0.29, 0.717) is 11.8 Å². The summed E-state index contributed by atoms with van der Waals surface area (Å²) < 4.78 is 1.07. The number of hydrogen-bond donors (Lipinski definition) is 1. The molecule has 0 aromatic heterocycles. The molecular weight excluding hydrogens is 292 g/mol. The van der Waals surface area contributed by atoms with E-state index < -0.39 is 0 Å². The van der Waals surface area contributed by atoms with Crippen LogP contribution in [0.15, 0.2) is 22.7 Å². The van der Waals surface area contributed by atoms with Crippen LogP contribution < -0.4 is 0 Å². The summed E-state index contributed by atoms with van der Waals surface area (Å²) in [5.74, 6) is 0.341. The van der Waals surface area contributed by atoms with Gasteiger partial charge in [0.25, 0.3) is 0 Å². The highest BCUT2D eigenvalue weighted by Gasteiger charge is 2.22. The molecule has 1 fully saturated rings. The zero-order valence-corrected chi connectivity index (χ0v) is 12.7. The third-order valence-corrected chi connectivity index (χ3v) is 4.45. The summed E-state index contributed by atoms with van der Waals surface area (Å²) in [5, 5.41) is 9.55. The Hall–Kier alpha value is -0.580. The van der Waals surface area contributed by atoms with Gasteiger partial charge in [0.15, 0.2) is 0 Å². The van der Waals surface area contributed by atoms with Crippen LogP contribution in [0.1, 0.15) is 19.4 Å². The molecule has 18 heavy (non-hydrogen) atoms. The maximum atomic E-state index is 9.55. The van der Waals surface area contributed by atoms with E-state index in [1.807, 2.05) is 12.1 Å². The van der Waals surface area contributed by atoms with E-state index in [4.69, 9.17) is 0 Å². The van der Waals surface area contributed by atoms with E-state index in [9.17, 15) is 5.11 Å². The molecule has 1 aromatic carbocycles. The van der Waals surface area contributed by atoms with E-state index in [-0.39, 0.29) is 0 Å². The second-order valence-electron chi connectivity index (χ2n) is 4.99. The topological polar surface area (TPSA) is 26.7 Å². The van der Waals surface area contributed by atoms with Crippen LogP contribution in [0.3, 0.4) is 0 Å². The third kappa shape index (κ3) is 3.25. The predicted molar refractivity (Wildman–Crippen MR) is 77.8 cm³/mol. The Kier molecular flexibility index (Phi) is 4.65. The van der Waals surface area contributed by atoms with Crippen molar-refractivity contribution in [2.75, 3.05) is 26.2 Å². The first-order valence-corrected chi connectivity index (χ1v) is 7.33. The zero-order valence-electron chi connectivity index (χ0n) is 11.1. The average molecular weight is 313 g/mol. The highest BCUT2D eigenvalue weighted by atomic mass is 79.9. The SMILES string of the molecule is CCN1CCN(Cc2cc(O)ccc2Br)CC1C. The number of rotatable bonds is 3. The van der Waals surface area contributed by atoms with Crippen LogP contribution in [0.4, 0.5) is 0 Å². The Morgan fingerprint density at radius 3 is 2.83 bits per heavy atom. The van der Waals surface area contributed by atoms with Crippen LogP contribution >= 0.6 is 15.9 Å². The molecule has 0 radical (unpaired) electrons. The lowest BCUT2D eigenvalue weighted by molar-refractivity contribution is 0.0833. The van der Waals surface area contributed by atoms with Crippen LogP contribution in [-0.2, 0) is 6.54 Å². The fraction of sp³-hybridized carbons (Fsp3) is 0.571. The second-order valence-corrected chi connectivity index (χ2v) is 5.84. The maximum Gasteiger partial charge on any atom is 0.115 e. The number of phenols is 1. The van der Waals surface area contributed by atoms with Crippen molar-refractivity contribution in [2.24, 2.45) is 0 Å². The smallest absolute Gasteiger partial charge is 0.115 e. The van der Waals surface area contributed by atoms with Gasteiger partial charge in [-0.25, -0.2) is 0 Å². The molecule has 1 heterocycles. The van der Waals surface area contributed by atoms with Crippen molar-refractivity contribution < 1.29 is 5.11 Å². The van der Waals surface area contributed by atoms with Crippen molar-refractivity contribution in [1.29, 1.82) is 0 Å². The lowest BCUT2D eigenvalue weighted by Crippen LogP contribution is -2.51. The molecule has 1 N–H and O–H groups in total. The second kappa shape index (κ2) is 6.04. The Balaban J connectivity index is 2.00. The van der Waals surface area contributed by atoms with Crippen LogP contribution in [0.5, 0.6) is 5.75 Å². The standard InChI is InChI=1S/C14H21BrN2O/c1-3-17-7-6-16(9-11(17)2)10-12-8-13(18)4-5-14(12)15/h4-5,8,11,18H,3,6-7,9-10H2,1-2H3. The Morgan fingerprint density at radius 1 is 1.39 bits per heavy atom. The molecule has 1 aromatic rings. The Bertz CT molecular complexity index is 411. The largest absolute Gasteiger partial charge is 0.508 e. The van der Waals surface area contributed by atoms with Gasteiger partial charge in [0.1, 0.15) is 5.75 Å². The molecule has 0 spiro atoms. The summed E-state index contributed by atoms with van der Waals surface area (Å²) in [4.78, 5) is 4.96. The summed E-state index contributed by atoms with van der Waals surface area (Å²) in [6, 6.07) is 6.09. The molecular formula is C14H21BrN2O. The van der Waals surface area contributed by atoms with Gasteiger partial charge in [-0.15, -0.1) is 0 Å². The van der Waals surface area contributed by atoms with Gasteiger partial charge in [-0.2, -0.15) is 0 Å². The summed E-state index contributed by atoms with van der Waals surface area (Å²) in [6.07, 6.45) is 0. The average Bonchev–Trinajstić information content (AvgIpc) is 2.34. The molecule has 1 saturated heterocycles. The highest BCUT2D eigenvalue weighted by Crippen LogP contribution is 2.24. The molecule has 1 atom stereocenters. The van der Waals surface area contributed by atoms with E-state index in [0.717, 1.165) is 42.8 Å². The number of hydrogen-bond acceptors (Lipinski definition) is 3. The number of likely N-dealkylation sites (N-methyl/N-ethyl adjacent to an activating group) is 1. The number of piperazine rings is 1. The van der Waals surface area contributed by atoms with Gasteiger partial charge in [0.2, 0.25) is 0 Å². The summed E-state index contributed by atoms with van der Waals surface area (Å²) >= 11 is 3.55. The first kappa shape index (κ1) is 13.8. The summed E-state index contributed by atoms with van der Waals surface area (Å²) in [5.41, 5.74) is 1.16. The highest BCUT2D eigenvalue weighted by molar-refractivity contribution is 9.10. The molecule has 1 aliphatic rings. The van der Waals surface area contributed by atoms with E-state index in [1.54, 1.807) is 6.07 Å². The van der Waals surface area contributed by atoms with Crippen molar-refractivity contribution in [2.45, 2.75) is 26.4 Å². The molecule has 1 aliphatic heterocycles. The molecule has 2 rings (SSSR count). The first-order chi connectivity index (χ1) is 8.60. The van der Waals surface area contributed by atoms with Crippen molar-refractivity contribution in [3.05, 3.63) is 28.2 Å². The summed E-state index contributed by atoms with van der Waals surface area (Å²) in [7, 11) is 0. The number of phenolic OH excluding ortho intramolecular Hbond substituents is 1. The minimum absolute atomic E-state index is 0.341. The van der Waals surface area contributed by atoms with Crippen molar-refractivity contribution in [1.82, 2.24) is 9.80 Å². The van der Waals surface area contributed by atoms with E-state index in [2.05, 4.69) is 39.6 Å². The van der Waals surface area contributed by atoms with Gasteiger partial charge < -0.3 is 5.11 Å². The molecule has 0 bridgehead atoms. The number of benzene rings is 1. The van der Waals surface area contributed by atoms with Gasteiger partial charge in [-0.3, -0.25) is 9.80 Å². The number of aromatic hydroxyl groups is 1. The zero-order chi connectivity index (χ0) is 13.1. The van der Waals surface area contributed by atoms with Gasteiger partial charge in [-0.1, -0.05) is 22.9 Å². The lowest BCUT2D eigenvalue weighted by atomic mass is 10.1. The molecule has 1 unspecified atom stereocenters. The van der Waals surface area contributed by atoms with Gasteiger partial charge in [0, 0.05) is 36.7 Å². The van der Waals surface area contributed by atoms with E-state index >= 15 is 0 Å². The van der Waals surface area contributed by atoms with Gasteiger partial charge in [-0.05, 0) is 37.2 Å². The number of halogens is 1. The van der Waals surface area contributed by atoms with Crippen LogP contribution in [0.2, 0.25) is 0 Å². The van der Waals surface area contributed by atoms with Gasteiger partial charge in [0.05, 0.1) is 0 Å². The van der Waals surface area contributed by atoms with Gasteiger partial charge >= 0.3 is 0 Å². The normalized spacial score (nSPS) is 22.3. The monoisotopic (exact) mass is 312 g/mol. The van der Waals surface area contributed by atoms with Crippen molar-refractivity contribution in [3.63, 3.8) is 0 Å². The maximum absolute atomic E-state index is 9.55. The molecule has 0 aliphatic carbocycles.